The quantitative estimate of drug-likeness (QED) is 0.932. The van der Waals surface area contributed by atoms with E-state index in [1.165, 1.54) is 11.3 Å². The third-order valence-corrected chi connectivity index (χ3v) is 4.55. The van der Waals surface area contributed by atoms with Crippen LogP contribution < -0.4 is 4.90 Å². The van der Waals surface area contributed by atoms with Crippen LogP contribution in [0.4, 0.5) is 5.82 Å². The third-order valence-electron chi connectivity index (χ3n) is 3.79. The molecule has 108 valence electrons. The zero-order chi connectivity index (χ0) is 14.3. The van der Waals surface area contributed by atoms with Crippen LogP contribution in [0.2, 0.25) is 0 Å². The number of fused-ring (bicyclic) bond motifs is 1. The van der Waals surface area contributed by atoms with Crippen LogP contribution in [0.3, 0.4) is 0 Å². The Labute approximate surface area is 121 Å². The standard InChI is InChI=1S/C13H18N4O2S/c1-9(2)15-3-5-16(6-4-15)11-10(12(18)19)17-7-8-20-13(17)14-11/h7-9H,3-6H2,1-2H3,(H,18,19). The molecule has 2 aromatic rings. The van der Waals surface area contributed by atoms with Gasteiger partial charge in [-0.1, -0.05) is 0 Å². The number of nitrogens with zero attached hydrogens (tertiary/aromatic N) is 4. The van der Waals surface area contributed by atoms with Crippen molar-refractivity contribution in [2.45, 2.75) is 19.9 Å². The molecular weight excluding hydrogens is 276 g/mol. The summed E-state index contributed by atoms with van der Waals surface area (Å²) in [4.78, 5) is 21.2. The van der Waals surface area contributed by atoms with Gasteiger partial charge in [-0.25, -0.2) is 9.78 Å². The molecule has 0 aromatic carbocycles. The highest BCUT2D eigenvalue weighted by atomic mass is 32.1. The van der Waals surface area contributed by atoms with E-state index in [1.807, 2.05) is 5.38 Å². The number of hydrogen-bond donors (Lipinski definition) is 1. The van der Waals surface area contributed by atoms with Gasteiger partial charge in [0.1, 0.15) is 0 Å². The van der Waals surface area contributed by atoms with Crippen LogP contribution in [-0.4, -0.2) is 57.6 Å². The van der Waals surface area contributed by atoms with Gasteiger partial charge in [-0.15, -0.1) is 11.3 Å². The van der Waals surface area contributed by atoms with E-state index in [1.54, 1.807) is 10.6 Å². The van der Waals surface area contributed by atoms with Crippen molar-refractivity contribution in [1.29, 1.82) is 0 Å². The lowest BCUT2D eigenvalue weighted by molar-refractivity contribution is 0.0690. The van der Waals surface area contributed by atoms with Crippen molar-refractivity contribution < 1.29 is 9.90 Å². The second kappa shape index (κ2) is 5.06. The second-order valence-electron chi connectivity index (χ2n) is 5.26. The number of piperazine rings is 1. The van der Waals surface area contributed by atoms with Crippen molar-refractivity contribution in [3.8, 4) is 0 Å². The van der Waals surface area contributed by atoms with Gasteiger partial charge in [0, 0.05) is 43.8 Å². The van der Waals surface area contributed by atoms with Gasteiger partial charge in [-0.2, -0.15) is 0 Å². The summed E-state index contributed by atoms with van der Waals surface area (Å²) < 4.78 is 1.66. The Morgan fingerprint density at radius 1 is 1.35 bits per heavy atom. The minimum atomic E-state index is -0.919. The average Bonchev–Trinajstić information content (AvgIpc) is 2.97. The molecule has 1 N–H and O–H groups in total. The molecule has 0 amide bonds. The highest BCUT2D eigenvalue weighted by Gasteiger charge is 2.27. The van der Waals surface area contributed by atoms with E-state index in [-0.39, 0.29) is 5.69 Å². The van der Waals surface area contributed by atoms with E-state index in [0.29, 0.717) is 11.9 Å². The van der Waals surface area contributed by atoms with E-state index in [9.17, 15) is 9.90 Å². The number of thiazole rings is 1. The molecule has 20 heavy (non-hydrogen) atoms. The van der Waals surface area contributed by atoms with Gasteiger partial charge < -0.3 is 10.0 Å². The minimum Gasteiger partial charge on any atom is -0.476 e. The molecule has 3 rings (SSSR count). The van der Waals surface area contributed by atoms with Crippen LogP contribution in [0.25, 0.3) is 4.96 Å². The molecule has 0 aliphatic carbocycles. The van der Waals surface area contributed by atoms with Crippen molar-refractivity contribution >= 4 is 28.1 Å². The maximum atomic E-state index is 11.5. The van der Waals surface area contributed by atoms with Gasteiger partial charge in [0.2, 0.25) is 0 Å². The van der Waals surface area contributed by atoms with Crippen LogP contribution in [-0.2, 0) is 0 Å². The number of hydrogen-bond acceptors (Lipinski definition) is 5. The van der Waals surface area contributed by atoms with Crippen molar-refractivity contribution in [2.24, 2.45) is 0 Å². The lowest BCUT2D eigenvalue weighted by atomic mass is 10.2. The summed E-state index contributed by atoms with van der Waals surface area (Å²) in [6, 6.07) is 0.529. The number of carboxylic acid groups (broad SMARTS) is 1. The summed E-state index contributed by atoms with van der Waals surface area (Å²) in [5.74, 6) is -0.315. The maximum absolute atomic E-state index is 11.5. The van der Waals surface area contributed by atoms with E-state index in [4.69, 9.17) is 0 Å². The van der Waals surface area contributed by atoms with Crippen LogP contribution in [0, 0.1) is 0 Å². The Kier molecular flexibility index (Phi) is 3.39. The Morgan fingerprint density at radius 2 is 2.05 bits per heavy atom. The van der Waals surface area contributed by atoms with Gasteiger partial charge in [-0.05, 0) is 13.8 Å². The second-order valence-corrected chi connectivity index (χ2v) is 6.13. The van der Waals surface area contributed by atoms with E-state index in [0.717, 1.165) is 31.1 Å². The number of imidazole rings is 1. The predicted octanol–water partition coefficient (Wildman–Crippen LogP) is 1.62. The molecule has 6 nitrogen and oxygen atoms in total. The van der Waals surface area contributed by atoms with Crippen LogP contribution in [0.1, 0.15) is 24.3 Å². The zero-order valence-corrected chi connectivity index (χ0v) is 12.4. The lowest BCUT2D eigenvalue weighted by Crippen LogP contribution is -2.49. The summed E-state index contributed by atoms with van der Waals surface area (Å²) >= 11 is 1.46. The Hall–Kier alpha value is -1.60. The predicted molar refractivity (Wildman–Crippen MR) is 79.0 cm³/mol. The number of aromatic nitrogens is 2. The average molecular weight is 294 g/mol. The first kappa shape index (κ1) is 13.4. The molecule has 0 unspecified atom stereocenters. The highest BCUT2D eigenvalue weighted by molar-refractivity contribution is 7.15. The number of anilines is 1. The Bertz CT molecular complexity index is 625. The molecular formula is C13H18N4O2S. The molecule has 1 aliphatic rings. The van der Waals surface area contributed by atoms with E-state index in [2.05, 4.69) is 28.6 Å². The van der Waals surface area contributed by atoms with Gasteiger partial charge in [-0.3, -0.25) is 9.30 Å². The molecule has 1 aliphatic heterocycles. The van der Waals surface area contributed by atoms with Crippen LogP contribution >= 0.6 is 11.3 Å². The normalized spacial score (nSPS) is 17.2. The summed E-state index contributed by atoms with van der Waals surface area (Å²) in [7, 11) is 0. The van der Waals surface area contributed by atoms with Gasteiger partial charge in [0.25, 0.3) is 0 Å². The first-order chi connectivity index (χ1) is 9.58. The van der Waals surface area contributed by atoms with Crippen LogP contribution in [0.15, 0.2) is 11.6 Å². The number of carboxylic acids is 1. The molecule has 0 saturated carbocycles. The molecule has 2 aromatic heterocycles. The topological polar surface area (TPSA) is 61.1 Å². The summed E-state index contributed by atoms with van der Waals surface area (Å²) in [6.45, 7) is 7.91. The first-order valence-corrected chi connectivity index (χ1v) is 7.63. The molecule has 0 bridgehead atoms. The SMILES string of the molecule is CC(C)N1CCN(c2nc3sccn3c2C(=O)O)CC1. The molecule has 7 heteroatoms. The van der Waals surface area contributed by atoms with Crippen molar-refractivity contribution in [3.63, 3.8) is 0 Å². The molecule has 1 fully saturated rings. The third kappa shape index (κ3) is 2.16. The van der Waals surface area contributed by atoms with Gasteiger partial charge >= 0.3 is 5.97 Å². The largest absolute Gasteiger partial charge is 0.476 e. The van der Waals surface area contributed by atoms with Crippen LogP contribution in [0.5, 0.6) is 0 Å². The zero-order valence-electron chi connectivity index (χ0n) is 11.6. The van der Waals surface area contributed by atoms with Gasteiger partial charge in [0.15, 0.2) is 16.5 Å². The number of aromatic carboxylic acids is 1. The fourth-order valence-corrected chi connectivity index (χ4v) is 3.35. The monoisotopic (exact) mass is 294 g/mol. The minimum absolute atomic E-state index is 0.277. The molecule has 0 atom stereocenters. The molecule has 0 spiro atoms. The van der Waals surface area contributed by atoms with Crippen molar-refractivity contribution in [3.05, 3.63) is 17.3 Å². The summed E-state index contributed by atoms with van der Waals surface area (Å²) in [6.07, 6.45) is 1.77. The summed E-state index contributed by atoms with van der Waals surface area (Å²) in [5, 5.41) is 11.3. The maximum Gasteiger partial charge on any atom is 0.356 e. The molecule has 0 radical (unpaired) electrons. The van der Waals surface area contributed by atoms with E-state index < -0.39 is 5.97 Å². The Morgan fingerprint density at radius 3 is 2.65 bits per heavy atom. The molecule has 3 heterocycles. The number of rotatable bonds is 3. The van der Waals surface area contributed by atoms with Crippen molar-refractivity contribution in [1.82, 2.24) is 14.3 Å². The summed E-state index contributed by atoms with van der Waals surface area (Å²) in [5.41, 5.74) is 0.277. The fourth-order valence-electron chi connectivity index (χ4n) is 2.64. The number of carbonyl (C=O) groups is 1. The fraction of sp³-hybridized carbons (Fsp3) is 0.538. The van der Waals surface area contributed by atoms with Gasteiger partial charge in [0.05, 0.1) is 0 Å². The molecule has 1 saturated heterocycles. The highest BCUT2D eigenvalue weighted by Crippen LogP contribution is 2.25. The first-order valence-electron chi connectivity index (χ1n) is 6.75. The Balaban J connectivity index is 1.89. The lowest BCUT2D eigenvalue weighted by Gasteiger charge is -2.37. The van der Waals surface area contributed by atoms with Crippen molar-refractivity contribution in [2.75, 3.05) is 31.1 Å². The smallest absolute Gasteiger partial charge is 0.356 e. The van der Waals surface area contributed by atoms with E-state index >= 15 is 0 Å².